The fourth-order valence-corrected chi connectivity index (χ4v) is 5.31. The van der Waals surface area contributed by atoms with E-state index in [2.05, 4.69) is 26.3 Å². The van der Waals surface area contributed by atoms with Crippen molar-refractivity contribution in [2.75, 3.05) is 19.6 Å². The Hall–Kier alpha value is -3.50. The second-order valence-electron chi connectivity index (χ2n) is 9.81. The molecule has 0 aromatic carbocycles. The molecule has 4 amide bonds. The number of nitrogens with two attached hydrogens (primary N) is 3. The number of hydrogen-bond acceptors (Lipinski definition) is 9. The number of amides is 4. The molecule has 0 aromatic heterocycles. The molecular weight excluding hydrogens is 502 g/mol. The lowest BCUT2D eigenvalue weighted by Gasteiger charge is -2.43. The molecule has 0 spiro atoms. The molecule has 7 atom stereocenters. The molecule has 212 valence electrons. The van der Waals surface area contributed by atoms with Crippen LogP contribution in [0.15, 0.2) is 4.99 Å². The van der Waals surface area contributed by atoms with E-state index in [9.17, 15) is 34.2 Å². The summed E-state index contributed by atoms with van der Waals surface area (Å²) in [6, 6.07) is -4.45. The van der Waals surface area contributed by atoms with Gasteiger partial charge in [0.2, 0.25) is 23.6 Å². The molecule has 3 fully saturated rings. The molecule has 3 unspecified atom stereocenters. The lowest BCUT2D eigenvalue weighted by Crippen LogP contribution is -2.65. The highest BCUT2D eigenvalue weighted by Crippen LogP contribution is 2.35. The van der Waals surface area contributed by atoms with Crippen molar-refractivity contribution in [2.24, 2.45) is 28.1 Å². The van der Waals surface area contributed by atoms with Crippen LogP contribution in [0.2, 0.25) is 0 Å². The Morgan fingerprint density at radius 2 is 1.84 bits per heavy atom. The third-order valence-electron chi connectivity index (χ3n) is 7.15. The number of carboxylic acids is 1. The lowest BCUT2D eigenvalue weighted by atomic mass is 9.86. The third kappa shape index (κ3) is 7.08. The zero-order chi connectivity index (χ0) is 28.0. The molecule has 3 aliphatic rings. The summed E-state index contributed by atoms with van der Waals surface area (Å²) in [5.74, 6) is -4.19. The van der Waals surface area contributed by atoms with Gasteiger partial charge in [0.05, 0.1) is 25.0 Å². The van der Waals surface area contributed by atoms with E-state index in [4.69, 9.17) is 17.2 Å². The number of hydrogen-bond donors (Lipinski definition) is 9. The number of nitrogens with zero attached hydrogens (tertiary/aromatic N) is 2. The quantitative estimate of drug-likeness (QED) is 0.0841. The van der Waals surface area contributed by atoms with Gasteiger partial charge < -0.3 is 48.3 Å². The van der Waals surface area contributed by atoms with Gasteiger partial charge in [-0.25, -0.2) is 0 Å². The molecule has 0 radical (unpaired) electrons. The Labute approximate surface area is 219 Å². The predicted molar refractivity (Wildman–Crippen MR) is 133 cm³/mol. The van der Waals surface area contributed by atoms with Gasteiger partial charge in [-0.15, -0.1) is 0 Å². The number of piperidine rings is 1. The van der Waals surface area contributed by atoms with E-state index in [0.29, 0.717) is 25.7 Å². The molecule has 0 saturated carbocycles. The molecule has 16 nitrogen and oxygen atoms in total. The van der Waals surface area contributed by atoms with E-state index >= 15 is 0 Å². The number of fused-ring (bicyclic) bond motifs is 1. The predicted octanol–water partition coefficient (Wildman–Crippen LogP) is -4.77. The maximum Gasteiger partial charge on any atom is 0.305 e. The van der Waals surface area contributed by atoms with E-state index in [-0.39, 0.29) is 37.4 Å². The molecule has 12 N–H and O–H groups in total. The van der Waals surface area contributed by atoms with E-state index in [0.717, 1.165) is 0 Å². The Balaban J connectivity index is 1.91. The zero-order valence-corrected chi connectivity index (χ0v) is 21.0. The van der Waals surface area contributed by atoms with E-state index in [1.807, 2.05) is 0 Å². The van der Waals surface area contributed by atoms with Gasteiger partial charge in [0, 0.05) is 12.6 Å². The number of aliphatic hydroxyl groups is 1. The smallest absolute Gasteiger partial charge is 0.305 e. The van der Waals surface area contributed by atoms with Crippen LogP contribution in [0.25, 0.3) is 0 Å². The molecule has 0 aromatic rings. The first-order chi connectivity index (χ1) is 18.0. The summed E-state index contributed by atoms with van der Waals surface area (Å²) in [6.07, 6.45) is -0.365. The number of carbonyl (C=O) groups excluding carboxylic acids is 4. The van der Waals surface area contributed by atoms with Gasteiger partial charge in [-0.3, -0.25) is 34.3 Å². The van der Waals surface area contributed by atoms with Gasteiger partial charge in [-0.05, 0) is 44.6 Å². The van der Waals surface area contributed by atoms with Crippen molar-refractivity contribution in [2.45, 2.75) is 75.0 Å². The van der Waals surface area contributed by atoms with E-state index in [1.165, 1.54) is 4.90 Å². The minimum absolute atomic E-state index is 0.115. The molecule has 3 rings (SSSR count). The Morgan fingerprint density at radius 1 is 1.11 bits per heavy atom. The second kappa shape index (κ2) is 12.8. The molecule has 3 aliphatic heterocycles. The molecule has 0 aliphatic carbocycles. The summed E-state index contributed by atoms with van der Waals surface area (Å²) >= 11 is 0. The monoisotopic (exact) mass is 539 g/mol. The average Bonchev–Trinajstić information content (AvgIpc) is 3.28. The van der Waals surface area contributed by atoms with Crippen LogP contribution in [-0.4, -0.2) is 107 Å². The van der Waals surface area contributed by atoms with Crippen molar-refractivity contribution in [1.82, 2.24) is 26.2 Å². The Kier molecular flexibility index (Phi) is 9.82. The fraction of sp³-hybridized carbons (Fsp3) is 0.727. The van der Waals surface area contributed by atoms with Crippen molar-refractivity contribution in [3.05, 3.63) is 0 Å². The van der Waals surface area contributed by atoms with Crippen molar-refractivity contribution < 1.29 is 34.2 Å². The highest BCUT2D eigenvalue weighted by molar-refractivity contribution is 5.95. The minimum atomic E-state index is -1.62. The normalized spacial score (nSPS) is 32.4. The maximum atomic E-state index is 13.6. The van der Waals surface area contributed by atoms with Gasteiger partial charge in [-0.1, -0.05) is 0 Å². The number of aliphatic hydroxyl groups excluding tert-OH is 1. The summed E-state index contributed by atoms with van der Waals surface area (Å²) in [7, 11) is 0. The summed E-state index contributed by atoms with van der Waals surface area (Å²) < 4.78 is 0. The SMILES string of the molecule is NCC1C[C@@H]2CC[C@H]3C(=O)NC(CCCN=C(N)N)C(=O)NCC(=O)N[C@@H](CC(=O)O)C(O)N[C@H]1C(=O)N23. The van der Waals surface area contributed by atoms with Crippen LogP contribution < -0.4 is 38.5 Å². The van der Waals surface area contributed by atoms with Gasteiger partial charge in [0.15, 0.2) is 5.96 Å². The summed E-state index contributed by atoms with van der Waals surface area (Å²) in [6.45, 7) is -0.210. The van der Waals surface area contributed by atoms with E-state index in [1.54, 1.807) is 0 Å². The molecule has 3 heterocycles. The first-order valence-corrected chi connectivity index (χ1v) is 12.6. The maximum absolute atomic E-state index is 13.6. The zero-order valence-electron chi connectivity index (χ0n) is 21.0. The van der Waals surface area contributed by atoms with Crippen LogP contribution in [0.4, 0.5) is 0 Å². The van der Waals surface area contributed by atoms with Crippen LogP contribution in [-0.2, 0) is 24.0 Å². The summed E-state index contributed by atoms with van der Waals surface area (Å²) in [5, 5.41) is 30.4. The first-order valence-electron chi connectivity index (χ1n) is 12.6. The number of carbonyl (C=O) groups is 5. The van der Waals surface area contributed by atoms with Crippen LogP contribution in [0.1, 0.15) is 38.5 Å². The summed E-state index contributed by atoms with van der Waals surface area (Å²) in [4.78, 5) is 69.1. The fourth-order valence-electron chi connectivity index (χ4n) is 5.31. The van der Waals surface area contributed by atoms with Crippen molar-refractivity contribution >= 4 is 35.6 Å². The number of aliphatic imine (C=N–C) groups is 1. The van der Waals surface area contributed by atoms with E-state index < -0.39 is 73.0 Å². The van der Waals surface area contributed by atoms with Crippen molar-refractivity contribution in [1.29, 1.82) is 0 Å². The molecule has 2 bridgehead atoms. The third-order valence-corrected chi connectivity index (χ3v) is 7.15. The Morgan fingerprint density at radius 3 is 2.50 bits per heavy atom. The molecular formula is C22H37N9O7. The first kappa shape index (κ1) is 29.1. The van der Waals surface area contributed by atoms with Crippen LogP contribution in [0, 0.1) is 5.92 Å². The number of aliphatic carboxylic acids is 1. The standard InChI is InChI=1S/C22H37N9O7/c23-8-10-6-11-3-4-14-20(37)29-12(2-1-5-26-22(24)25)18(35)27-9-15(32)28-13(7-16(33)34)19(36)30-17(10)21(38)31(11)14/h10-14,17,19,30,36H,1-9,23H2,(H,27,35)(H,28,32)(H,29,37)(H,33,34)(H4,24,25,26)/t10?,11-,12?,13-,14-,17+,19?/m0/s1. The molecule has 3 saturated heterocycles. The number of guanidine groups is 1. The summed E-state index contributed by atoms with van der Waals surface area (Å²) in [5.41, 5.74) is 16.6. The number of rotatable bonds is 7. The van der Waals surface area contributed by atoms with Crippen LogP contribution >= 0.6 is 0 Å². The van der Waals surface area contributed by atoms with Gasteiger partial charge in [0.1, 0.15) is 18.3 Å². The van der Waals surface area contributed by atoms with Crippen LogP contribution in [0.3, 0.4) is 0 Å². The topological polar surface area (TPSA) is 268 Å². The second-order valence-corrected chi connectivity index (χ2v) is 9.81. The van der Waals surface area contributed by atoms with Crippen molar-refractivity contribution in [3.8, 4) is 0 Å². The molecule has 38 heavy (non-hydrogen) atoms. The van der Waals surface area contributed by atoms with Gasteiger partial charge >= 0.3 is 5.97 Å². The molecule has 16 heteroatoms. The highest BCUT2D eigenvalue weighted by atomic mass is 16.4. The minimum Gasteiger partial charge on any atom is -0.481 e. The van der Waals surface area contributed by atoms with Gasteiger partial charge in [0.25, 0.3) is 0 Å². The van der Waals surface area contributed by atoms with Crippen LogP contribution in [0.5, 0.6) is 0 Å². The largest absolute Gasteiger partial charge is 0.481 e. The average molecular weight is 540 g/mol. The van der Waals surface area contributed by atoms with Gasteiger partial charge in [-0.2, -0.15) is 0 Å². The van der Waals surface area contributed by atoms with Crippen molar-refractivity contribution in [3.63, 3.8) is 0 Å². The Bertz CT molecular complexity index is 957. The lowest BCUT2D eigenvalue weighted by molar-refractivity contribution is -0.148. The number of nitrogens with one attached hydrogen (secondary N) is 4. The number of carboxylic acid groups (broad SMARTS) is 1. The highest BCUT2D eigenvalue weighted by Gasteiger charge is 2.50.